The number of hydrogen-bond acceptors (Lipinski definition) is 5. The highest BCUT2D eigenvalue weighted by Crippen LogP contribution is 2.53. The third kappa shape index (κ3) is 1.73. The zero-order valence-electron chi connectivity index (χ0n) is 13.1. The van der Waals surface area contributed by atoms with Crippen molar-refractivity contribution in [2.45, 2.75) is 35.2 Å². The van der Waals surface area contributed by atoms with Crippen molar-refractivity contribution in [2.75, 3.05) is 19.6 Å². The lowest BCUT2D eigenvalue weighted by molar-refractivity contribution is -0.164. The molecule has 3 rings (SSSR count). The number of rotatable bonds is 2. The molecule has 7 heteroatoms. The van der Waals surface area contributed by atoms with Crippen LogP contribution in [-0.4, -0.2) is 68.2 Å². The lowest BCUT2D eigenvalue weighted by Crippen LogP contribution is -2.72. The van der Waals surface area contributed by atoms with E-state index in [0.29, 0.717) is 6.42 Å². The standard InChI is InChI=1S/C15H20N2O3S2/c1-14(21-3)12(19)17-11-9(6-5-7-10(11)18)8-15(17,22-4)13(20)16(14)2/h5-7,10-11,18H,8H2,1-4H3. The molecule has 0 spiro atoms. The average Bonchev–Trinajstić information content (AvgIpc) is 2.88. The van der Waals surface area contributed by atoms with Crippen molar-refractivity contribution in [3.05, 3.63) is 23.8 Å². The summed E-state index contributed by atoms with van der Waals surface area (Å²) in [5.74, 6) is -0.182. The van der Waals surface area contributed by atoms with E-state index in [2.05, 4.69) is 0 Å². The summed E-state index contributed by atoms with van der Waals surface area (Å²) in [7, 11) is 1.69. The van der Waals surface area contributed by atoms with Crippen LogP contribution in [0.15, 0.2) is 23.8 Å². The maximum atomic E-state index is 13.2. The lowest BCUT2D eigenvalue weighted by atomic mass is 9.97. The molecule has 1 aliphatic carbocycles. The van der Waals surface area contributed by atoms with Crippen molar-refractivity contribution in [1.82, 2.24) is 9.80 Å². The van der Waals surface area contributed by atoms with Crippen molar-refractivity contribution in [3.63, 3.8) is 0 Å². The molecule has 1 N–H and O–H groups in total. The smallest absolute Gasteiger partial charge is 0.260 e. The third-order valence-electron chi connectivity index (χ3n) is 5.06. The van der Waals surface area contributed by atoms with E-state index in [1.54, 1.807) is 35.9 Å². The molecule has 0 aromatic heterocycles. The van der Waals surface area contributed by atoms with Gasteiger partial charge in [0.05, 0.1) is 12.1 Å². The molecule has 120 valence electrons. The summed E-state index contributed by atoms with van der Waals surface area (Å²) in [6, 6.07) is -0.436. The van der Waals surface area contributed by atoms with Gasteiger partial charge in [0.15, 0.2) is 9.74 Å². The van der Waals surface area contributed by atoms with Crippen molar-refractivity contribution >= 4 is 35.3 Å². The van der Waals surface area contributed by atoms with E-state index in [4.69, 9.17) is 0 Å². The molecule has 4 atom stereocenters. The predicted molar refractivity (Wildman–Crippen MR) is 89.4 cm³/mol. The van der Waals surface area contributed by atoms with E-state index < -0.39 is 21.9 Å². The quantitative estimate of drug-likeness (QED) is 0.814. The van der Waals surface area contributed by atoms with Gasteiger partial charge in [-0.05, 0) is 25.0 Å². The first kappa shape index (κ1) is 16.0. The molecule has 3 aliphatic rings. The van der Waals surface area contributed by atoms with Crippen molar-refractivity contribution in [1.29, 1.82) is 0 Å². The number of likely N-dealkylation sites (N-methyl/N-ethyl adjacent to an activating group) is 1. The Morgan fingerprint density at radius 1 is 1.27 bits per heavy atom. The Balaban J connectivity index is 2.18. The Morgan fingerprint density at radius 3 is 2.55 bits per heavy atom. The van der Waals surface area contributed by atoms with Gasteiger partial charge in [0.2, 0.25) is 0 Å². The van der Waals surface area contributed by atoms with Crippen LogP contribution in [0.4, 0.5) is 0 Å². The highest BCUT2D eigenvalue weighted by Gasteiger charge is 2.66. The van der Waals surface area contributed by atoms with E-state index in [0.717, 1.165) is 5.57 Å². The first-order chi connectivity index (χ1) is 10.3. The molecule has 0 radical (unpaired) electrons. The highest BCUT2D eigenvalue weighted by atomic mass is 32.2. The molecule has 22 heavy (non-hydrogen) atoms. The van der Waals surface area contributed by atoms with Crippen LogP contribution in [0, 0.1) is 0 Å². The molecule has 0 saturated carbocycles. The van der Waals surface area contributed by atoms with E-state index in [1.807, 2.05) is 18.6 Å². The van der Waals surface area contributed by atoms with Gasteiger partial charge in [0.1, 0.15) is 0 Å². The number of piperazine rings is 1. The second kappa shape index (κ2) is 5.04. The summed E-state index contributed by atoms with van der Waals surface area (Å²) in [5, 5.41) is 10.4. The summed E-state index contributed by atoms with van der Waals surface area (Å²) in [6.45, 7) is 1.77. The Bertz CT molecular complexity index is 606. The van der Waals surface area contributed by atoms with Gasteiger partial charge in [0, 0.05) is 13.5 Å². The van der Waals surface area contributed by atoms with Crippen LogP contribution >= 0.6 is 23.5 Å². The second-order valence-corrected chi connectivity index (χ2v) is 8.24. The minimum Gasteiger partial charge on any atom is -0.387 e. The van der Waals surface area contributed by atoms with E-state index in [-0.39, 0.29) is 11.8 Å². The maximum Gasteiger partial charge on any atom is 0.260 e. The summed E-state index contributed by atoms with van der Waals surface area (Å²) < 4.78 is 0. The van der Waals surface area contributed by atoms with Crippen LogP contribution in [0.25, 0.3) is 0 Å². The zero-order valence-corrected chi connectivity index (χ0v) is 14.7. The highest BCUT2D eigenvalue weighted by molar-refractivity contribution is 8.01. The molecule has 2 fully saturated rings. The summed E-state index contributed by atoms with van der Waals surface area (Å²) in [6.07, 6.45) is 8.79. The van der Waals surface area contributed by atoms with Gasteiger partial charge in [-0.2, -0.15) is 0 Å². The Labute approximate surface area is 138 Å². The molecule has 0 aromatic carbocycles. The number of nitrogens with zero attached hydrogens (tertiary/aromatic N) is 2. The number of hydrogen-bond donors (Lipinski definition) is 1. The number of carbonyl (C=O) groups is 2. The van der Waals surface area contributed by atoms with Gasteiger partial charge in [-0.1, -0.05) is 18.2 Å². The molecular weight excluding hydrogens is 320 g/mol. The molecule has 0 bridgehead atoms. The van der Waals surface area contributed by atoms with Crippen molar-refractivity contribution < 1.29 is 14.7 Å². The van der Waals surface area contributed by atoms with Crippen molar-refractivity contribution in [3.8, 4) is 0 Å². The van der Waals surface area contributed by atoms with Crippen LogP contribution in [0.5, 0.6) is 0 Å². The minimum atomic E-state index is -0.940. The molecule has 0 aromatic rings. The molecule has 4 unspecified atom stereocenters. The molecule has 2 heterocycles. The first-order valence-corrected chi connectivity index (χ1v) is 9.56. The predicted octanol–water partition coefficient (Wildman–Crippen LogP) is 1.05. The largest absolute Gasteiger partial charge is 0.387 e. The maximum absolute atomic E-state index is 13.2. The van der Waals surface area contributed by atoms with Crippen molar-refractivity contribution in [2.24, 2.45) is 0 Å². The van der Waals surface area contributed by atoms with Gasteiger partial charge in [-0.3, -0.25) is 9.59 Å². The van der Waals surface area contributed by atoms with Crippen LogP contribution in [0.3, 0.4) is 0 Å². The number of amides is 2. The van der Waals surface area contributed by atoms with Gasteiger partial charge < -0.3 is 14.9 Å². The number of aliphatic hydroxyl groups is 1. The van der Waals surface area contributed by atoms with Gasteiger partial charge in [-0.15, -0.1) is 23.5 Å². The van der Waals surface area contributed by atoms with E-state index in [9.17, 15) is 14.7 Å². The van der Waals surface area contributed by atoms with Gasteiger partial charge >= 0.3 is 0 Å². The summed E-state index contributed by atoms with van der Waals surface area (Å²) in [4.78, 5) is 27.6. The first-order valence-electron chi connectivity index (χ1n) is 7.11. The Morgan fingerprint density at radius 2 is 1.95 bits per heavy atom. The number of fused-ring (bicyclic) bond motifs is 3. The van der Waals surface area contributed by atoms with Gasteiger partial charge in [0.25, 0.3) is 11.8 Å². The SMILES string of the molecule is CSC1(C)C(=O)N2C3C(=CC=CC3O)CC2(SC)C(=O)N1C. The number of thioether (sulfide) groups is 2. The molecule has 2 saturated heterocycles. The molecule has 2 amide bonds. The van der Waals surface area contributed by atoms with Gasteiger partial charge in [-0.25, -0.2) is 0 Å². The fourth-order valence-electron chi connectivity index (χ4n) is 3.56. The zero-order chi connectivity index (χ0) is 16.3. The number of aliphatic hydroxyl groups excluding tert-OH is 1. The van der Waals surface area contributed by atoms with E-state index >= 15 is 0 Å². The molecule has 5 nitrogen and oxygen atoms in total. The lowest BCUT2D eigenvalue weighted by Gasteiger charge is -2.53. The van der Waals surface area contributed by atoms with Crippen LogP contribution in [0.1, 0.15) is 13.3 Å². The topological polar surface area (TPSA) is 60.9 Å². The summed E-state index contributed by atoms with van der Waals surface area (Å²) >= 11 is 2.74. The average molecular weight is 340 g/mol. The number of carbonyl (C=O) groups excluding carboxylic acids is 2. The Hall–Kier alpha value is -0.920. The third-order valence-corrected chi connectivity index (χ3v) is 7.50. The van der Waals surface area contributed by atoms with Crippen LogP contribution in [0.2, 0.25) is 0 Å². The fourth-order valence-corrected chi connectivity index (χ4v) is 5.20. The van der Waals surface area contributed by atoms with Crippen LogP contribution < -0.4 is 0 Å². The monoisotopic (exact) mass is 340 g/mol. The normalized spacial score (nSPS) is 40.7. The minimum absolute atomic E-state index is 0.0704. The number of allylic oxidation sites excluding steroid dienone is 2. The van der Waals surface area contributed by atoms with Crippen LogP contribution in [-0.2, 0) is 9.59 Å². The molecule has 2 aliphatic heterocycles. The Kier molecular flexibility index (Phi) is 3.66. The summed E-state index contributed by atoms with van der Waals surface area (Å²) in [5.41, 5.74) is 0.949. The molecular formula is C15H20N2O3S2. The second-order valence-electron chi connectivity index (χ2n) is 5.95. The fraction of sp³-hybridized carbons (Fsp3) is 0.600. The van der Waals surface area contributed by atoms with E-state index in [1.165, 1.54) is 23.5 Å².